The van der Waals surface area contributed by atoms with E-state index in [2.05, 4.69) is 10.2 Å². The molecule has 90 valence electrons. The van der Waals surface area contributed by atoms with Gasteiger partial charge in [-0.05, 0) is 37.3 Å². The molecule has 1 aliphatic carbocycles. The van der Waals surface area contributed by atoms with Gasteiger partial charge in [-0.25, -0.2) is 0 Å². The van der Waals surface area contributed by atoms with E-state index in [0.717, 1.165) is 6.42 Å². The van der Waals surface area contributed by atoms with E-state index in [1.54, 1.807) is 6.07 Å². The summed E-state index contributed by atoms with van der Waals surface area (Å²) in [5.74, 6) is 1.35. The summed E-state index contributed by atoms with van der Waals surface area (Å²) in [7, 11) is 0. The van der Waals surface area contributed by atoms with Crippen LogP contribution in [0.5, 0.6) is 5.88 Å². The van der Waals surface area contributed by atoms with Crippen LogP contribution in [-0.4, -0.2) is 23.3 Å². The average molecular weight is 232 g/mol. The minimum Gasteiger partial charge on any atom is -0.475 e. The van der Waals surface area contributed by atoms with Gasteiger partial charge in [-0.15, -0.1) is 5.10 Å². The maximum absolute atomic E-state index is 8.89. The second-order valence-corrected chi connectivity index (χ2v) is 4.36. The molecule has 17 heavy (non-hydrogen) atoms. The molecule has 2 rings (SSSR count). The molecule has 0 saturated heterocycles. The van der Waals surface area contributed by atoms with Crippen LogP contribution in [0.25, 0.3) is 0 Å². The van der Waals surface area contributed by atoms with Crippen LogP contribution in [0.1, 0.15) is 24.8 Å². The monoisotopic (exact) mass is 232 g/mol. The van der Waals surface area contributed by atoms with E-state index in [1.165, 1.54) is 19.0 Å². The highest BCUT2D eigenvalue weighted by Gasteiger charge is 2.26. The van der Waals surface area contributed by atoms with Gasteiger partial charge in [0.25, 0.3) is 5.88 Å². The first kappa shape index (κ1) is 11.8. The van der Waals surface area contributed by atoms with Gasteiger partial charge in [0.05, 0.1) is 12.8 Å². The Balaban J connectivity index is 1.96. The van der Waals surface area contributed by atoms with Crippen LogP contribution >= 0.6 is 0 Å². The van der Waals surface area contributed by atoms with Gasteiger partial charge in [-0.2, -0.15) is 10.4 Å². The fourth-order valence-electron chi connectivity index (χ4n) is 2.34. The Labute approximate surface area is 101 Å². The van der Waals surface area contributed by atoms with Crippen molar-refractivity contribution in [3.05, 3.63) is 17.8 Å². The Kier molecular flexibility index (Phi) is 3.89. The molecular formula is C12H16N4O. The quantitative estimate of drug-likeness (QED) is 0.840. The van der Waals surface area contributed by atoms with Crippen molar-refractivity contribution in [3.8, 4) is 11.9 Å². The number of nitriles is 1. The molecule has 5 heteroatoms. The number of nitrogens with zero attached hydrogens (tertiary/aromatic N) is 3. The maximum Gasteiger partial charge on any atom is 0.251 e. The van der Waals surface area contributed by atoms with Crippen LogP contribution in [0.2, 0.25) is 0 Å². The molecule has 0 spiro atoms. The van der Waals surface area contributed by atoms with Gasteiger partial charge in [0, 0.05) is 0 Å². The van der Waals surface area contributed by atoms with Crippen LogP contribution < -0.4 is 10.5 Å². The van der Waals surface area contributed by atoms with Crippen LogP contribution in [-0.2, 0) is 0 Å². The van der Waals surface area contributed by atoms with Crippen molar-refractivity contribution in [2.45, 2.75) is 19.3 Å². The lowest BCUT2D eigenvalue weighted by Gasteiger charge is -2.17. The van der Waals surface area contributed by atoms with Crippen molar-refractivity contribution in [1.82, 2.24) is 10.2 Å². The zero-order chi connectivity index (χ0) is 12.1. The minimum atomic E-state index is 0.331. The maximum atomic E-state index is 8.89. The topological polar surface area (TPSA) is 84.8 Å². The SMILES string of the molecule is N#Cc1ccnnc1OCC1CCCC1CN. The largest absolute Gasteiger partial charge is 0.475 e. The zero-order valence-electron chi connectivity index (χ0n) is 9.67. The molecule has 0 bridgehead atoms. The van der Waals surface area contributed by atoms with E-state index in [4.69, 9.17) is 15.7 Å². The predicted octanol–water partition coefficient (Wildman–Crippen LogP) is 1.10. The second-order valence-electron chi connectivity index (χ2n) is 4.36. The van der Waals surface area contributed by atoms with E-state index in [-0.39, 0.29) is 0 Å². The molecule has 0 aromatic carbocycles. The van der Waals surface area contributed by atoms with E-state index in [9.17, 15) is 0 Å². The summed E-state index contributed by atoms with van der Waals surface area (Å²) >= 11 is 0. The molecule has 1 saturated carbocycles. The highest BCUT2D eigenvalue weighted by atomic mass is 16.5. The molecule has 2 N–H and O–H groups in total. The summed E-state index contributed by atoms with van der Waals surface area (Å²) < 4.78 is 5.59. The van der Waals surface area contributed by atoms with Crippen molar-refractivity contribution in [1.29, 1.82) is 5.26 Å². The van der Waals surface area contributed by atoms with Gasteiger partial charge in [-0.3, -0.25) is 0 Å². The summed E-state index contributed by atoms with van der Waals surface area (Å²) in [6.45, 7) is 1.29. The summed E-state index contributed by atoms with van der Waals surface area (Å²) in [6, 6.07) is 3.65. The van der Waals surface area contributed by atoms with Crippen molar-refractivity contribution in [2.24, 2.45) is 17.6 Å². The van der Waals surface area contributed by atoms with Crippen molar-refractivity contribution >= 4 is 0 Å². The van der Waals surface area contributed by atoms with Crippen molar-refractivity contribution in [3.63, 3.8) is 0 Å². The molecule has 1 fully saturated rings. The Morgan fingerprint density at radius 1 is 1.47 bits per heavy atom. The van der Waals surface area contributed by atoms with Gasteiger partial charge in [0.15, 0.2) is 0 Å². The van der Waals surface area contributed by atoms with Gasteiger partial charge in [0.1, 0.15) is 11.6 Å². The number of aromatic nitrogens is 2. The first-order chi connectivity index (χ1) is 8.35. The third kappa shape index (κ3) is 2.71. The normalized spacial score (nSPS) is 23.3. The molecular weight excluding hydrogens is 216 g/mol. The van der Waals surface area contributed by atoms with E-state index in [1.807, 2.05) is 6.07 Å². The second kappa shape index (κ2) is 5.60. The average Bonchev–Trinajstić information content (AvgIpc) is 2.84. The molecule has 2 atom stereocenters. The Morgan fingerprint density at radius 3 is 3.06 bits per heavy atom. The molecule has 1 aromatic heterocycles. The third-order valence-corrected chi connectivity index (χ3v) is 3.36. The van der Waals surface area contributed by atoms with Crippen LogP contribution in [0.3, 0.4) is 0 Å². The lowest BCUT2D eigenvalue weighted by molar-refractivity contribution is 0.208. The van der Waals surface area contributed by atoms with Crippen LogP contribution in [0.4, 0.5) is 0 Å². The highest BCUT2D eigenvalue weighted by molar-refractivity contribution is 5.35. The third-order valence-electron chi connectivity index (χ3n) is 3.36. The molecule has 1 aromatic rings. The lowest BCUT2D eigenvalue weighted by Crippen LogP contribution is -2.23. The van der Waals surface area contributed by atoms with Gasteiger partial charge in [-0.1, -0.05) is 6.42 Å². The summed E-state index contributed by atoms with van der Waals surface area (Å²) in [4.78, 5) is 0. The molecule has 2 unspecified atom stereocenters. The van der Waals surface area contributed by atoms with Gasteiger partial charge in [0.2, 0.25) is 0 Å². The van der Waals surface area contributed by atoms with Crippen LogP contribution in [0.15, 0.2) is 12.3 Å². The molecule has 1 heterocycles. The number of nitrogens with two attached hydrogens (primary N) is 1. The van der Waals surface area contributed by atoms with E-state index in [0.29, 0.717) is 36.4 Å². The first-order valence-corrected chi connectivity index (χ1v) is 5.89. The standard InChI is InChI=1S/C12H16N4O/c13-6-9-2-1-3-11(9)8-17-12-10(7-14)4-5-15-16-12/h4-5,9,11H,1-3,6,8,13H2. The first-order valence-electron chi connectivity index (χ1n) is 5.89. The molecule has 5 nitrogen and oxygen atoms in total. The van der Waals surface area contributed by atoms with Crippen molar-refractivity contribution in [2.75, 3.05) is 13.2 Å². The zero-order valence-corrected chi connectivity index (χ0v) is 9.67. The number of hydrogen-bond donors (Lipinski definition) is 1. The number of ether oxygens (including phenoxy) is 1. The molecule has 0 radical (unpaired) electrons. The van der Waals surface area contributed by atoms with Gasteiger partial charge < -0.3 is 10.5 Å². The Hall–Kier alpha value is -1.67. The van der Waals surface area contributed by atoms with E-state index >= 15 is 0 Å². The Bertz CT molecular complexity index is 415. The highest BCUT2D eigenvalue weighted by Crippen LogP contribution is 2.31. The fourth-order valence-corrected chi connectivity index (χ4v) is 2.34. The molecule has 0 amide bonds. The Morgan fingerprint density at radius 2 is 2.29 bits per heavy atom. The van der Waals surface area contributed by atoms with Gasteiger partial charge >= 0.3 is 0 Å². The molecule has 1 aliphatic rings. The summed E-state index contributed by atoms with van der Waals surface area (Å²) in [5.41, 5.74) is 6.15. The smallest absolute Gasteiger partial charge is 0.251 e. The fraction of sp³-hybridized carbons (Fsp3) is 0.583. The van der Waals surface area contributed by atoms with Crippen LogP contribution in [0, 0.1) is 23.2 Å². The lowest BCUT2D eigenvalue weighted by atomic mass is 9.97. The summed E-state index contributed by atoms with van der Waals surface area (Å²) in [6.07, 6.45) is 5.02. The van der Waals surface area contributed by atoms with E-state index < -0.39 is 0 Å². The number of hydrogen-bond acceptors (Lipinski definition) is 5. The minimum absolute atomic E-state index is 0.331. The summed E-state index contributed by atoms with van der Waals surface area (Å²) in [5, 5.41) is 16.5. The predicted molar refractivity (Wildman–Crippen MR) is 62.1 cm³/mol. The van der Waals surface area contributed by atoms with Crippen molar-refractivity contribution < 1.29 is 4.74 Å². The molecule has 0 aliphatic heterocycles. The number of rotatable bonds is 4.